The number of hydrogen-bond donors (Lipinski definition) is 2. The first-order valence-electron chi connectivity index (χ1n) is 6.99. The van der Waals surface area contributed by atoms with Gasteiger partial charge in [0.05, 0.1) is 0 Å². The Hall–Kier alpha value is -1.07. The van der Waals surface area contributed by atoms with Crippen LogP contribution >= 0.6 is 15.9 Å². The molecule has 20 heavy (non-hydrogen) atoms. The van der Waals surface area contributed by atoms with Crippen molar-refractivity contribution >= 4 is 21.8 Å². The predicted octanol–water partition coefficient (Wildman–Crippen LogP) is 2.33. The Morgan fingerprint density at radius 1 is 1.55 bits per heavy atom. The van der Waals surface area contributed by atoms with Gasteiger partial charge in [0, 0.05) is 17.1 Å². The molecule has 0 aliphatic carbocycles. The van der Waals surface area contributed by atoms with E-state index in [1.165, 1.54) is 0 Å². The van der Waals surface area contributed by atoms with Gasteiger partial charge in [0.25, 0.3) is 5.91 Å². The third-order valence-electron chi connectivity index (χ3n) is 3.63. The number of ether oxygens (including phenoxy) is 1. The molecule has 2 N–H and O–H groups in total. The van der Waals surface area contributed by atoms with E-state index in [1.807, 2.05) is 24.3 Å². The van der Waals surface area contributed by atoms with Gasteiger partial charge < -0.3 is 15.4 Å². The fourth-order valence-electron chi connectivity index (χ4n) is 2.28. The van der Waals surface area contributed by atoms with E-state index >= 15 is 0 Å². The van der Waals surface area contributed by atoms with Crippen LogP contribution in [0.4, 0.5) is 0 Å². The van der Waals surface area contributed by atoms with E-state index in [4.69, 9.17) is 4.74 Å². The molecule has 1 saturated heterocycles. The number of amides is 1. The molecule has 0 aromatic heterocycles. The van der Waals surface area contributed by atoms with E-state index in [9.17, 15) is 4.79 Å². The Kier molecular flexibility index (Phi) is 5.43. The summed E-state index contributed by atoms with van der Waals surface area (Å²) >= 11 is 3.39. The second-order valence-corrected chi connectivity index (χ2v) is 6.22. The van der Waals surface area contributed by atoms with Gasteiger partial charge in [0.2, 0.25) is 0 Å². The number of hydrogen-bond acceptors (Lipinski definition) is 3. The van der Waals surface area contributed by atoms with Crippen molar-refractivity contribution in [3.63, 3.8) is 0 Å². The lowest BCUT2D eigenvalue weighted by atomic mass is 9.95. The monoisotopic (exact) mass is 340 g/mol. The highest BCUT2D eigenvalue weighted by atomic mass is 79.9. The molecule has 1 amide bonds. The molecular formula is C15H21BrN2O2. The molecule has 1 aliphatic rings. The van der Waals surface area contributed by atoms with Gasteiger partial charge in [-0.3, -0.25) is 4.79 Å². The summed E-state index contributed by atoms with van der Waals surface area (Å²) in [7, 11) is 0. The lowest BCUT2D eigenvalue weighted by Gasteiger charge is -2.31. The van der Waals surface area contributed by atoms with Gasteiger partial charge >= 0.3 is 0 Å². The van der Waals surface area contributed by atoms with Crippen molar-refractivity contribution in [2.45, 2.75) is 32.4 Å². The first-order valence-corrected chi connectivity index (χ1v) is 7.79. The Balaban J connectivity index is 1.88. The molecule has 1 aromatic rings. The van der Waals surface area contributed by atoms with Crippen LogP contribution in [0.2, 0.25) is 0 Å². The van der Waals surface area contributed by atoms with Gasteiger partial charge in [-0.25, -0.2) is 0 Å². The Morgan fingerprint density at radius 3 is 3.05 bits per heavy atom. The van der Waals surface area contributed by atoms with E-state index < -0.39 is 6.10 Å². The van der Waals surface area contributed by atoms with E-state index in [0.29, 0.717) is 11.7 Å². The maximum Gasteiger partial charge on any atom is 0.261 e. The molecule has 1 aliphatic heterocycles. The van der Waals surface area contributed by atoms with Crippen molar-refractivity contribution in [1.29, 1.82) is 0 Å². The minimum absolute atomic E-state index is 0.0643. The van der Waals surface area contributed by atoms with Gasteiger partial charge in [-0.1, -0.05) is 28.9 Å². The topological polar surface area (TPSA) is 50.4 Å². The van der Waals surface area contributed by atoms with Crippen LogP contribution in [0, 0.1) is 5.92 Å². The zero-order valence-electron chi connectivity index (χ0n) is 11.9. The summed E-state index contributed by atoms with van der Waals surface area (Å²) in [6, 6.07) is 7.70. The quantitative estimate of drug-likeness (QED) is 0.884. The van der Waals surface area contributed by atoms with Crippen LogP contribution < -0.4 is 15.4 Å². The summed E-state index contributed by atoms with van der Waals surface area (Å²) < 4.78 is 6.61. The van der Waals surface area contributed by atoms with Gasteiger partial charge in [-0.15, -0.1) is 0 Å². The lowest BCUT2D eigenvalue weighted by Crippen LogP contribution is -2.52. The molecule has 1 aromatic carbocycles. The molecule has 3 unspecified atom stereocenters. The summed E-state index contributed by atoms with van der Waals surface area (Å²) in [5, 5.41) is 6.37. The maximum absolute atomic E-state index is 12.2. The number of carbonyl (C=O) groups is 1. The number of piperidine rings is 1. The van der Waals surface area contributed by atoms with Gasteiger partial charge in [-0.2, -0.15) is 0 Å². The van der Waals surface area contributed by atoms with Crippen molar-refractivity contribution in [2.24, 2.45) is 5.92 Å². The summed E-state index contributed by atoms with van der Waals surface area (Å²) in [6.07, 6.45) is 0.588. The zero-order valence-corrected chi connectivity index (χ0v) is 13.4. The van der Waals surface area contributed by atoms with Crippen LogP contribution in [-0.4, -0.2) is 31.1 Å². The van der Waals surface area contributed by atoms with E-state index in [2.05, 4.69) is 33.5 Å². The summed E-state index contributed by atoms with van der Waals surface area (Å²) in [6.45, 7) is 5.80. The number of benzene rings is 1. The highest BCUT2D eigenvalue weighted by Gasteiger charge is 2.25. The Morgan fingerprint density at radius 2 is 2.35 bits per heavy atom. The average molecular weight is 341 g/mol. The molecule has 1 fully saturated rings. The molecular weight excluding hydrogens is 320 g/mol. The summed E-state index contributed by atoms with van der Waals surface area (Å²) in [5.74, 6) is 1.13. The maximum atomic E-state index is 12.2. The van der Waals surface area contributed by atoms with Crippen molar-refractivity contribution in [1.82, 2.24) is 10.6 Å². The average Bonchev–Trinajstić information content (AvgIpc) is 2.41. The smallest absolute Gasteiger partial charge is 0.261 e. The predicted molar refractivity (Wildman–Crippen MR) is 82.8 cm³/mol. The fourth-order valence-corrected chi connectivity index (χ4v) is 2.66. The first kappa shape index (κ1) is 15.3. The molecule has 5 heteroatoms. The number of rotatable bonds is 4. The molecule has 2 rings (SSSR count). The number of nitrogens with one attached hydrogen (secondary N) is 2. The van der Waals surface area contributed by atoms with E-state index in [-0.39, 0.29) is 11.9 Å². The molecule has 1 heterocycles. The zero-order chi connectivity index (χ0) is 14.5. The fraction of sp³-hybridized carbons (Fsp3) is 0.533. The first-order chi connectivity index (χ1) is 9.56. The van der Waals surface area contributed by atoms with Crippen molar-refractivity contribution in [2.75, 3.05) is 13.1 Å². The number of halogens is 1. The lowest BCUT2D eigenvalue weighted by molar-refractivity contribution is -0.128. The number of carbonyl (C=O) groups excluding carboxylic acids is 1. The minimum Gasteiger partial charge on any atom is -0.481 e. The Bertz CT molecular complexity index is 467. The van der Waals surface area contributed by atoms with Gasteiger partial charge in [0.1, 0.15) is 5.75 Å². The van der Waals surface area contributed by atoms with Gasteiger partial charge in [0.15, 0.2) is 6.10 Å². The Labute approximate surface area is 128 Å². The molecule has 3 atom stereocenters. The summed E-state index contributed by atoms with van der Waals surface area (Å²) in [4.78, 5) is 12.2. The second-order valence-electron chi connectivity index (χ2n) is 5.30. The molecule has 110 valence electrons. The van der Waals surface area contributed by atoms with Crippen molar-refractivity contribution in [3.05, 3.63) is 28.7 Å². The van der Waals surface area contributed by atoms with Crippen LogP contribution in [0.15, 0.2) is 28.7 Å². The highest BCUT2D eigenvalue weighted by molar-refractivity contribution is 9.10. The van der Waals surface area contributed by atoms with Crippen LogP contribution in [0.1, 0.15) is 20.3 Å². The minimum atomic E-state index is -0.501. The van der Waals surface area contributed by atoms with Gasteiger partial charge in [-0.05, 0) is 44.0 Å². The van der Waals surface area contributed by atoms with Crippen LogP contribution in [0.5, 0.6) is 5.75 Å². The standard InChI is InChI=1S/C15H21BrN2O2/c1-10-6-7-17-9-14(10)18-15(19)11(2)20-13-5-3-4-12(16)8-13/h3-5,8,10-11,14,17H,6-7,9H2,1-2H3,(H,18,19). The largest absolute Gasteiger partial charge is 0.481 e. The molecule has 0 spiro atoms. The van der Waals surface area contributed by atoms with E-state index in [0.717, 1.165) is 24.0 Å². The summed E-state index contributed by atoms with van der Waals surface area (Å²) in [5.41, 5.74) is 0. The molecule has 0 saturated carbocycles. The normalized spacial score (nSPS) is 23.9. The van der Waals surface area contributed by atoms with Crippen LogP contribution in [-0.2, 0) is 4.79 Å². The van der Waals surface area contributed by atoms with Crippen molar-refractivity contribution < 1.29 is 9.53 Å². The highest BCUT2D eigenvalue weighted by Crippen LogP contribution is 2.19. The SMILES string of the molecule is CC(Oc1cccc(Br)c1)C(=O)NC1CNCCC1C. The molecule has 4 nitrogen and oxygen atoms in total. The van der Waals surface area contributed by atoms with Crippen LogP contribution in [0.3, 0.4) is 0 Å². The third-order valence-corrected chi connectivity index (χ3v) is 4.13. The van der Waals surface area contributed by atoms with Crippen LogP contribution in [0.25, 0.3) is 0 Å². The molecule has 0 radical (unpaired) electrons. The van der Waals surface area contributed by atoms with E-state index in [1.54, 1.807) is 6.92 Å². The molecule has 0 bridgehead atoms. The second kappa shape index (κ2) is 7.09. The van der Waals surface area contributed by atoms with Crippen molar-refractivity contribution in [3.8, 4) is 5.75 Å². The third kappa shape index (κ3) is 4.21.